The van der Waals surface area contributed by atoms with E-state index >= 15 is 0 Å². The Morgan fingerprint density at radius 3 is 2.29 bits per heavy atom. The Labute approximate surface area is 187 Å². The number of nitrogens with zero attached hydrogens (tertiary/aromatic N) is 1. The molecule has 3 rings (SSSR count). The van der Waals surface area contributed by atoms with E-state index in [2.05, 4.69) is 0 Å². The predicted octanol–water partition coefficient (Wildman–Crippen LogP) is 4.77. The van der Waals surface area contributed by atoms with Crippen molar-refractivity contribution in [1.82, 2.24) is 0 Å². The Kier molecular flexibility index (Phi) is 6.87. The molecule has 0 aliphatic carbocycles. The fraction of sp³-hybridized carbons (Fsp3) is 0.174. The van der Waals surface area contributed by atoms with E-state index in [1.807, 2.05) is 19.9 Å². The molecule has 1 amide bonds. The number of benzene rings is 3. The van der Waals surface area contributed by atoms with Crippen LogP contribution in [0.25, 0.3) is 0 Å². The lowest BCUT2D eigenvalue weighted by atomic mass is 10.2. The SMILES string of the molecule is COc1ccc(N(C(=O)COc2cccc(C)c2)S(=O)(=O)c2ccc(C)cc2)cc1Cl. The van der Waals surface area contributed by atoms with E-state index in [0.717, 1.165) is 11.1 Å². The van der Waals surface area contributed by atoms with Crippen LogP contribution in [0.3, 0.4) is 0 Å². The third-order valence-corrected chi connectivity index (χ3v) is 6.57. The molecule has 0 saturated heterocycles. The normalized spacial score (nSPS) is 11.1. The smallest absolute Gasteiger partial charge is 0.278 e. The number of hydrogen-bond acceptors (Lipinski definition) is 5. The van der Waals surface area contributed by atoms with Gasteiger partial charge < -0.3 is 9.47 Å². The number of ether oxygens (including phenoxy) is 2. The van der Waals surface area contributed by atoms with Gasteiger partial charge in [-0.1, -0.05) is 41.4 Å². The molecule has 8 heteroatoms. The molecule has 0 aliphatic heterocycles. The fourth-order valence-electron chi connectivity index (χ4n) is 2.92. The lowest BCUT2D eigenvalue weighted by Gasteiger charge is -2.23. The second-order valence-corrected chi connectivity index (χ2v) is 9.09. The maximum atomic E-state index is 13.4. The number of carbonyl (C=O) groups is 1. The summed E-state index contributed by atoms with van der Waals surface area (Å²) in [6.45, 7) is 3.26. The minimum absolute atomic E-state index is 0.0195. The van der Waals surface area contributed by atoms with E-state index in [1.165, 1.54) is 37.4 Å². The van der Waals surface area contributed by atoms with Gasteiger partial charge in [-0.05, 0) is 61.9 Å². The first-order chi connectivity index (χ1) is 14.7. The van der Waals surface area contributed by atoms with Crippen LogP contribution in [-0.2, 0) is 14.8 Å². The van der Waals surface area contributed by atoms with Gasteiger partial charge in [0.25, 0.3) is 15.9 Å². The second kappa shape index (κ2) is 9.41. The first kappa shape index (κ1) is 22.7. The van der Waals surface area contributed by atoms with Crippen LogP contribution in [0.1, 0.15) is 11.1 Å². The van der Waals surface area contributed by atoms with Gasteiger partial charge in [-0.25, -0.2) is 8.42 Å². The molecule has 162 valence electrons. The van der Waals surface area contributed by atoms with Gasteiger partial charge in [-0.15, -0.1) is 0 Å². The molecule has 6 nitrogen and oxygen atoms in total. The number of carbonyl (C=O) groups excluding carboxylic acids is 1. The molecule has 0 radical (unpaired) electrons. The zero-order chi connectivity index (χ0) is 22.6. The Bertz CT molecular complexity index is 1190. The van der Waals surface area contributed by atoms with Crippen molar-refractivity contribution in [1.29, 1.82) is 0 Å². The summed E-state index contributed by atoms with van der Waals surface area (Å²) in [5, 5.41) is 0.177. The molecule has 0 saturated carbocycles. The summed E-state index contributed by atoms with van der Waals surface area (Å²) in [4.78, 5) is 13.1. The largest absolute Gasteiger partial charge is 0.495 e. The maximum Gasteiger partial charge on any atom is 0.278 e. The number of amides is 1. The first-order valence-corrected chi connectivity index (χ1v) is 11.2. The molecule has 0 N–H and O–H groups in total. The van der Waals surface area contributed by atoms with Crippen LogP contribution in [0.4, 0.5) is 5.69 Å². The zero-order valence-corrected chi connectivity index (χ0v) is 18.9. The van der Waals surface area contributed by atoms with E-state index in [0.29, 0.717) is 15.8 Å². The zero-order valence-electron chi connectivity index (χ0n) is 17.3. The van der Waals surface area contributed by atoms with Crippen molar-refractivity contribution in [3.05, 3.63) is 82.9 Å². The molecule has 0 bridgehead atoms. The minimum Gasteiger partial charge on any atom is -0.495 e. The topological polar surface area (TPSA) is 72.9 Å². The van der Waals surface area contributed by atoms with E-state index in [9.17, 15) is 13.2 Å². The van der Waals surface area contributed by atoms with E-state index in [4.69, 9.17) is 21.1 Å². The Hall–Kier alpha value is -3.03. The average Bonchev–Trinajstić information content (AvgIpc) is 2.73. The number of rotatable bonds is 7. The summed E-state index contributed by atoms with van der Waals surface area (Å²) < 4.78 is 38.2. The lowest BCUT2D eigenvalue weighted by molar-refractivity contribution is -0.119. The highest BCUT2D eigenvalue weighted by atomic mass is 35.5. The molecular weight excluding hydrogens is 438 g/mol. The molecule has 31 heavy (non-hydrogen) atoms. The van der Waals surface area contributed by atoms with Gasteiger partial charge in [0.1, 0.15) is 11.5 Å². The molecule has 3 aromatic carbocycles. The molecular formula is C23H22ClNO5S. The highest BCUT2D eigenvalue weighted by Crippen LogP contribution is 2.32. The van der Waals surface area contributed by atoms with Crippen molar-refractivity contribution in [3.8, 4) is 11.5 Å². The Balaban J connectivity index is 2.00. The summed E-state index contributed by atoms with van der Waals surface area (Å²) >= 11 is 6.20. The molecule has 0 unspecified atom stereocenters. The van der Waals surface area contributed by atoms with Crippen molar-refractivity contribution < 1.29 is 22.7 Å². The second-order valence-electron chi connectivity index (χ2n) is 6.90. The number of halogens is 1. The van der Waals surface area contributed by atoms with Gasteiger partial charge in [-0.2, -0.15) is 4.31 Å². The maximum absolute atomic E-state index is 13.4. The Morgan fingerprint density at radius 1 is 0.968 bits per heavy atom. The molecule has 0 fully saturated rings. The van der Waals surface area contributed by atoms with Crippen molar-refractivity contribution in [3.63, 3.8) is 0 Å². The molecule has 3 aromatic rings. The quantitative estimate of drug-likeness (QED) is 0.509. The molecule has 0 aliphatic rings. The minimum atomic E-state index is -4.21. The van der Waals surface area contributed by atoms with E-state index in [1.54, 1.807) is 30.3 Å². The number of hydrogen-bond donors (Lipinski definition) is 0. The van der Waals surface area contributed by atoms with Crippen molar-refractivity contribution in [2.75, 3.05) is 18.0 Å². The predicted molar refractivity (Wildman–Crippen MR) is 121 cm³/mol. The first-order valence-electron chi connectivity index (χ1n) is 9.40. The van der Waals surface area contributed by atoms with Crippen LogP contribution >= 0.6 is 11.6 Å². The van der Waals surface area contributed by atoms with Crippen LogP contribution in [0.5, 0.6) is 11.5 Å². The van der Waals surface area contributed by atoms with Crippen molar-refractivity contribution in [2.24, 2.45) is 0 Å². The molecule has 0 atom stereocenters. The summed E-state index contributed by atoms with van der Waals surface area (Å²) in [5.74, 6) is 0.0682. The van der Waals surface area contributed by atoms with Gasteiger partial charge in [0.15, 0.2) is 6.61 Å². The third-order valence-electron chi connectivity index (χ3n) is 4.51. The summed E-state index contributed by atoms with van der Waals surface area (Å²) in [6.07, 6.45) is 0. The summed E-state index contributed by atoms with van der Waals surface area (Å²) in [5.41, 5.74) is 1.94. The van der Waals surface area contributed by atoms with E-state index < -0.39 is 22.5 Å². The lowest BCUT2D eigenvalue weighted by Crippen LogP contribution is -2.40. The molecule has 0 heterocycles. The standard InChI is InChI=1S/C23H22ClNO5S/c1-16-7-10-20(11-8-16)31(27,28)25(18-9-12-22(29-3)21(24)14-18)23(26)15-30-19-6-4-5-17(2)13-19/h4-14H,15H2,1-3H3. The average molecular weight is 460 g/mol. The van der Waals surface area contributed by atoms with Crippen LogP contribution < -0.4 is 13.8 Å². The van der Waals surface area contributed by atoms with Gasteiger partial charge in [0, 0.05) is 0 Å². The Morgan fingerprint density at radius 2 is 1.68 bits per heavy atom. The van der Waals surface area contributed by atoms with Gasteiger partial charge >= 0.3 is 0 Å². The number of sulfonamides is 1. The van der Waals surface area contributed by atoms with Gasteiger partial charge in [-0.3, -0.25) is 4.79 Å². The summed E-state index contributed by atoms with van der Waals surface area (Å²) in [6, 6.07) is 17.7. The fourth-order valence-corrected chi connectivity index (χ4v) is 4.58. The number of aryl methyl sites for hydroxylation is 2. The van der Waals surface area contributed by atoms with Gasteiger partial charge in [0.2, 0.25) is 0 Å². The number of anilines is 1. The van der Waals surface area contributed by atoms with Crippen LogP contribution in [0.2, 0.25) is 5.02 Å². The van der Waals surface area contributed by atoms with Crippen LogP contribution in [-0.4, -0.2) is 28.0 Å². The van der Waals surface area contributed by atoms with Gasteiger partial charge in [0.05, 0.1) is 22.7 Å². The molecule has 0 spiro atoms. The van der Waals surface area contributed by atoms with Crippen LogP contribution in [0.15, 0.2) is 71.6 Å². The summed E-state index contributed by atoms with van der Waals surface area (Å²) in [7, 11) is -2.77. The monoisotopic (exact) mass is 459 g/mol. The highest BCUT2D eigenvalue weighted by molar-refractivity contribution is 7.93. The van der Waals surface area contributed by atoms with Crippen molar-refractivity contribution in [2.45, 2.75) is 18.7 Å². The van der Waals surface area contributed by atoms with Crippen molar-refractivity contribution >= 4 is 33.2 Å². The number of methoxy groups -OCH3 is 1. The highest BCUT2D eigenvalue weighted by Gasteiger charge is 2.32. The third kappa shape index (κ3) is 5.18. The van der Waals surface area contributed by atoms with Crippen LogP contribution in [0, 0.1) is 13.8 Å². The molecule has 0 aromatic heterocycles. The van der Waals surface area contributed by atoms with E-state index in [-0.39, 0.29) is 15.6 Å².